The molecule has 6 nitrogen and oxygen atoms in total. The van der Waals surface area contributed by atoms with Crippen molar-refractivity contribution in [3.8, 4) is 0 Å². The minimum atomic E-state index is -0.289. The first-order valence-electron chi connectivity index (χ1n) is 10.6. The fourth-order valence-electron chi connectivity index (χ4n) is 4.66. The Labute approximate surface area is 177 Å². The molecule has 158 valence electrons. The van der Waals surface area contributed by atoms with Crippen molar-refractivity contribution in [1.82, 2.24) is 20.5 Å². The Morgan fingerprint density at radius 3 is 2.61 bits per heavy atom. The fourth-order valence-corrected chi connectivity index (χ4v) is 4.66. The normalized spacial score (nSPS) is 19.0. The lowest BCUT2D eigenvalue weighted by atomic mass is 9.82. The summed E-state index contributed by atoms with van der Waals surface area (Å²) in [6, 6.07) is 12.5. The highest BCUT2D eigenvalue weighted by molar-refractivity contribution is 5.98. The Morgan fingerprint density at radius 2 is 1.84 bits per heavy atom. The van der Waals surface area contributed by atoms with Gasteiger partial charge in [0.15, 0.2) is 0 Å². The summed E-state index contributed by atoms with van der Waals surface area (Å²) < 4.78 is 13.8. The molecule has 2 heterocycles. The third-order valence-corrected chi connectivity index (χ3v) is 6.41. The summed E-state index contributed by atoms with van der Waals surface area (Å²) in [6.07, 6.45) is 3.43. The van der Waals surface area contributed by atoms with Gasteiger partial charge < -0.3 is 10.3 Å². The van der Waals surface area contributed by atoms with Crippen molar-refractivity contribution in [3.63, 3.8) is 0 Å². The number of fused-ring (bicyclic) bond motifs is 2. The van der Waals surface area contributed by atoms with Crippen LogP contribution in [0.3, 0.4) is 0 Å². The van der Waals surface area contributed by atoms with E-state index in [1.165, 1.54) is 6.07 Å². The maximum absolute atomic E-state index is 13.8. The van der Waals surface area contributed by atoms with Crippen LogP contribution in [0, 0.1) is 12.7 Å². The molecule has 1 aliphatic rings. The van der Waals surface area contributed by atoms with Crippen LogP contribution in [0.2, 0.25) is 0 Å². The van der Waals surface area contributed by atoms with E-state index in [9.17, 15) is 14.0 Å². The van der Waals surface area contributed by atoms with Crippen LogP contribution in [-0.4, -0.2) is 27.1 Å². The third kappa shape index (κ3) is 3.50. The highest BCUT2D eigenvalue weighted by Crippen LogP contribution is 2.34. The molecule has 31 heavy (non-hydrogen) atoms. The number of aromatic nitrogens is 3. The number of aryl methyl sites for hydroxylation is 1. The van der Waals surface area contributed by atoms with Gasteiger partial charge in [-0.05, 0) is 56.9 Å². The summed E-state index contributed by atoms with van der Waals surface area (Å²) >= 11 is 0. The second kappa shape index (κ2) is 7.65. The van der Waals surface area contributed by atoms with Crippen LogP contribution in [0.1, 0.15) is 53.3 Å². The van der Waals surface area contributed by atoms with E-state index in [1.54, 1.807) is 19.1 Å². The molecule has 0 radical (unpaired) electrons. The zero-order valence-electron chi connectivity index (χ0n) is 17.2. The van der Waals surface area contributed by atoms with Gasteiger partial charge in [0.2, 0.25) is 0 Å². The molecule has 0 atom stereocenters. The number of nitrogens with one attached hydrogen (secondary N) is 3. The predicted octanol–water partition coefficient (Wildman–Crippen LogP) is 4.31. The van der Waals surface area contributed by atoms with Gasteiger partial charge in [0, 0.05) is 28.3 Å². The number of hydrogen-bond donors (Lipinski definition) is 3. The van der Waals surface area contributed by atoms with E-state index >= 15 is 0 Å². The van der Waals surface area contributed by atoms with E-state index in [2.05, 4.69) is 20.5 Å². The highest BCUT2D eigenvalue weighted by Gasteiger charge is 2.26. The Bertz CT molecular complexity index is 1350. The van der Waals surface area contributed by atoms with Gasteiger partial charge in [-0.3, -0.25) is 9.59 Å². The molecule has 1 saturated carbocycles. The van der Waals surface area contributed by atoms with E-state index in [4.69, 9.17) is 0 Å². The van der Waals surface area contributed by atoms with Crippen molar-refractivity contribution in [3.05, 3.63) is 75.6 Å². The second-order valence-electron chi connectivity index (χ2n) is 8.33. The molecule has 0 spiro atoms. The summed E-state index contributed by atoms with van der Waals surface area (Å²) in [5.74, 6) is -0.219. The lowest BCUT2D eigenvalue weighted by Gasteiger charge is -2.29. The molecule has 0 bridgehead atoms. The molecular formula is C24H23FN4O2. The summed E-state index contributed by atoms with van der Waals surface area (Å²) in [4.78, 5) is 27.8. The molecule has 2 aromatic carbocycles. The van der Waals surface area contributed by atoms with E-state index < -0.39 is 0 Å². The van der Waals surface area contributed by atoms with Crippen molar-refractivity contribution in [1.29, 1.82) is 0 Å². The van der Waals surface area contributed by atoms with Gasteiger partial charge in [-0.15, -0.1) is 0 Å². The molecule has 0 saturated heterocycles. The maximum Gasteiger partial charge on any atom is 0.272 e. The second-order valence-corrected chi connectivity index (χ2v) is 8.33. The summed E-state index contributed by atoms with van der Waals surface area (Å²) in [5.41, 5.74) is 2.36. The third-order valence-electron chi connectivity index (χ3n) is 6.41. The van der Waals surface area contributed by atoms with Gasteiger partial charge in [-0.1, -0.05) is 18.2 Å². The Morgan fingerprint density at radius 1 is 1.10 bits per heavy atom. The van der Waals surface area contributed by atoms with Gasteiger partial charge in [0.1, 0.15) is 11.5 Å². The van der Waals surface area contributed by atoms with Crippen LogP contribution >= 0.6 is 0 Å². The average molecular weight is 418 g/mol. The monoisotopic (exact) mass is 418 g/mol. The van der Waals surface area contributed by atoms with E-state index in [0.717, 1.165) is 42.1 Å². The van der Waals surface area contributed by atoms with Crippen LogP contribution in [0.15, 0.2) is 47.3 Å². The van der Waals surface area contributed by atoms with E-state index in [1.807, 2.05) is 24.3 Å². The molecule has 5 rings (SSSR count). The lowest BCUT2D eigenvalue weighted by molar-refractivity contribution is 0.0921. The predicted molar refractivity (Wildman–Crippen MR) is 118 cm³/mol. The first-order chi connectivity index (χ1) is 15.0. The topological polar surface area (TPSA) is 90.6 Å². The van der Waals surface area contributed by atoms with E-state index in [0.29, 0.717) is 22.2 Å². The van der Waals surface area contributed by atoms with Gasteiger partial charge >= 0.3 is 0 Å². The van der Waals surface area contributed by atoms with Crippen molar-refractivity contribution in [2.45, 2.75) is 44.6 Å². The number of halogens is 1. The van der Waals surface area contributed by atoms with Crippen LogP contribution in [-0.2, 0) is 0 Å². The molecule has 3 N–H and O–H groups in total. The number of hydrogen-bond acceptors (Lipinski definition) is 3. The Kier molecular flexibility index (Phi) is 4.81. The quantitative estimate of drug-likeness (QED) is 0.463. The van der Waals surface area contributed by atoms with Crippen molar-refractivity contribution >= 4 is 27.6 Å². The van der Waals surface area contributed by atoms with E-state index in [-0.39, 0.29) is 29.2 Å². The van der Waals surface area contributed by atoms with Gasteiger partial charge in [-0.25, -0.2) is 9.49 Å². The minimum absolute atomic E-state index is 0.0713. The Hall–Kier alpha value is -3.48. The first-order valence-corrected chi connectivity index (χ1v) is 10.6. The number of carbonyl (C=O) groups is 1. The van der Waals surface area contributed by atoms with Crippen molar-refractivity contribution < 1.29 is 9.18 Å². The molecule has 1 aliphatic carbocycles. The number of H-pyrrole nitrogens is 2. The van der Waals surface area contributed by atoms with Crippen LogP contribution < -0.4 is 10.9 Å². The lowest BCUT2D eigenvalue weighted by Crippen LogP contribution is -2.37. The number of benzene rings is 2. The molecular weight excluding hydrogens is 395 g/mol. The maximum atomic E-state index is 13.8. The molecule has 0 aliphatic heterocycles. The smallest absolute Gasteiger partial charge is 0.272 e. The van der Waals surface area contributed by atoms with Crippen molar-refractivity contribution in [2.24, 2.45) is 0 Å². The SMILES string of the molecule is Cc1c(F)ccc2cc(C(=O)NC3CCC(c4n[nH]c(=O)c5ccccc45)CC3)[nH]c12. The van der Waals surface area contributed by atoms with Crippen LogP contribution in [0.25, 0.3) is 21.7 Å². The minimum Gasteiger partial charge on any atom is -0.350 e. The van der Waals surface area contributed by atoms with Gasteiger partial charge in [0.25, 0.3) is 11.5 Å². The zero-order valence-corrected chi connectivity index (χ0v) is 17.2. The summed E-state index contributed by atoms with van der Waals surface area (Å²) in [6.45, 7) is 1.70. The average Bonchev–Trinajstić information content (AvgIpc) is 3.23. The number of aromatic amines is 2. The standard InChI is InChI=1S/C24H23FN4O2/c1-13-19(25)11-8-15-12-20(27-21(13)15)24(31)26-16-9-6-14(7-10-16)22-17-4-2-3-5-18(17)23(30)29-28-22/h2-5,8,11-12,14,16,27H,6-7,9-10H2,1H3,(H,26,31)(H,29,30). The van der Waals surface area contributed by atoms with Crippen LogP contribution in [0.4, 0.5) is 4.39 Å². The molecule has 2 aromatic heterocycles. The number of carbonyl (C=O) groups excluding carboxylic acids is 1. The molecule has 4 aromatic rings. The number of rotatable bonds is 3. The molecule has 7 heteroatoms. The number of amides is 1. The highest BCUT2D eigenvalue weighted by atomic mass is 19.1. The summed E-state index contributed by atoms with van der Waals surface area (Å²) in [7, 11) is 0. The largest absolute Gasteiger partial charge is 0.350 e. The Balaban J connectivity index is 1.28. The van der Waals surface area contributed by atoms with Gasteiger partial charge in [-0.2, -0.15) is 5.10 Å². The van der Waals surface area contributed by atoms with Crippen molar-refractivity contribution in [2.75, 3.05) is 0 Å². The molecule has 0 unspecified atom stereocenters. The number of nitrogens with zero attached hydrogens (tertiary/aromatic N) is 1. The first kappa shape index (κ1) is 19.5. The van der Waals surface area contributed by atoms with Crippen LogP contribution in [0.5, 0.6) is 0 Å². The van der Waals surface area contributed by atoms with Gasteiger partial charge in [0.05, 0.1) is 16.6 Å². The summed E-state index contributed by atoms with van der Waals surface area (Å²) in [5, 5.41) is 12.5. The fraction of sp³-hybridized carbons (Fsp3) is 0.292. The molecule has 1 fully saturated rings. The zero-order chi connectivity index (χ0) is 21.5. The molecule has 1 amide bonds.